The largest absolute Gasteiger partial charge is 0.303 e. The van der Waals surface area contributed by atoms with E-state index in [0.29, 0.717) is 44.0 Å². The molecule has 2 rings (SSSR count). The molecular weight excluding hydrogens is 264 g/mol. The zero-order valence-corrected chi connectivity index (χ0v) is 11.6. The van der Waals surface area contributed by atoms with Gasteiger partial charge in [0.15, 0.2) is 0 Å². The first-order valence-corrected chi connectivity index (χ1v) is 7.80. The molecular formula is C13H18N2O3S. The fraction of sp³-hybridized carbons (Fsp3) is 0.462. The minimum absolute atomic E-state index is 0.344. The van der Waals surface area contributed by atoms with Crippen LogP contribution in [0.5, 0.6) is 0 Å². The van der Waals surface area contributed by atoms with Crippen LogP contribution in [0.1, 0.15) is 6.42 Å². The van der Waals surface area contributed by atoms with E-state index in [0.717, 1.165) is 6.29 Å². The number of rotatable bonds is 5. The first-order valence-electron chi connectivity index (χ1n) is 6.36. The van der Waals surface area contributed by atoms with Gasteiger partial charge in [-0.05, 0) is 12.1 Å². The molecule has 1 aliphatic heterocycles. The van der Waals surface area contributed by atoms with Crippen LogP contribution >= 0.6 is 0 Å². The number of nitrogens with zero attached hydrogens (tertiary/aromatic N) is 2. The minimum Gasteiger partial charge on any atom is -0.303 e. The first kappa shape index (κ1) is 14.2. The maximum absolute atomic E-state index is 12.4. The van der Waals surface area contributed by atoms with Gasteiger partial charge in [0.05, 0.1) is 4.90 Å². The Kier molecular flexibility index (Phi) is 4.68. The SMILES string of the molecule is O=CCCN1CCN(S(=O)(=O)c2ccccc2)CC1. The smallest absolute Gasteiger partial charge is 0.243 e. The van der Waals surface area contributed by atoms with Crippen molar-refractivity contribution in [1.29, 1.82) is 0 Å². The quantitative estimate of drug-likeness (QED) is 0.741. The van der Waals surface area contributed by atoms with Crippen LogP contribution in [0.4, 0.5) is 0 Å². The summed E-state index contributed by atoms with van der Waals surface area (Å²) in [5, 5.41) is 0. The highest BCUT2D eigenvalue weighted by Crippen LogP contribution is 2.17. The molecule has 0 bridgehead atoms. The monoisotopic (exact) mass is 282 g/mol. The number of piperazine rings is 1. The number of carbonyl (C=O) groups excluding carboxylic acids is 1. The standard InChI is InChI=1S/C13H18N2O3S/c16-12-4-7-14-8-10-15(11-9-14)19(17,18)13-5-2-1-3-6-13/h1-3,5-6,12H,4,7-11H2. The molecule has 5 nitrogen and oxygen atoms in total. The molecule has 0 saturated carbocycles. The highest BCUT2D eigenvalue weighted by molar-refractivity contribution is 7.89. The maximum atomic E-state index is 12.4. The van der Waals surface area contributed by atoms with Gasteiger partial charge in [-0.25, -0.2) is 8.42 Å². The lowest BCUT2D eigenvalue weighted by Crippen LogP contribution is -2.48. The molecule has 1 heterocycles. The van der Waals surface area contributed by atoms with Gasteiger partial charge in [-0.3, -0.25) is 0 Å². The van der Waals surface area contributed by atoms with Crippen LogP contribution in [-0.2, 0) is 14.8 Å². The lowest BCUT2D eigenvalue weighted by atomic mass is 10.3. The summed E-state index contributed by atoms with van der Waals surface area (Å²) in [6.07, 6.45) is 1.40. The van der Waals surface area contributed by atoms with Gasteiger partial charge in [-0.15, -0.1) is 0 Å². The van der Waals surface area contributed by atoms with Gasteiger partial charge >= 0.3 is 0 Å². The fourth-order valence-corrected chi connectivity index (χ4v) is 3.61. The van der Waals surface area contributed by atoms with E-state index in [1.54, 1.807) is 30.3 Å². The fourth-order valence-electron chi connectivity index (χ4n) is 2.17. The van der Waals surface area contributed by atoms with Gasteiger partial charge in [0.1, 0.15) is 6.29 Å². The molecule has 1 fully saturated rings. The van der Waals surface area contributed by atoms with Crippen molar-refractivity contribution in [3.8, 4) is 0 Å². The van der Waals surface area contributed by atoms with Crippen LogP contribution < -0.4 is 0 Å². The van der Waals surface area contributed by atoms with E-state index in [-0.39, 0.29) is 0 Å². The van der Waals surface area contributed by atoms with E-state index in [1.165, 1.54) is 4.31 Å². The zero-order valence-electron chi connectivity index (χ0n) is 10.7. The van der Waals surface area contributed by atoms with Crippen LogP contribution in [0.15, 0.2) is 35.2 Å². The van der Waals surface area contributed by atoms with Gasteiger partial charge in [0.2, 0.25) is 10.0 Å². The molecule has 1 saturated heterocycles. The number of carbonyl (C=O) groups is 1. The summed E-state index contributed by atoms with van der Waals surface area (Å²) in [6, 6.07) is 8.50. The lowest BCUT2D eigenvalue weighted by Gasteiger charge is -2.33. The summed E-state index contributed by atoms with van der Waals surface area (Å²) < 4.78 is 26.2. The number of benzene rings is 1. The van der Waals surface area contributed by atoms with Crippen LogP contribution in [-0.4, -0.2) is 56.6 Å². The molecule has 0 aromatic heterocycles. The molecule has 0 unspecified atom stereocenters. The van der Waals surface area contributed by atoms with Crippen molar-refractivity contribution in [2.75, 3.05) is 32.7 Å². The number of aldehydes is 1. The Morgan fingerprint density at radius 3 is 2.26 bits per heavy atom. The van der Waals surface area contributed by atoms with Gasteiger partial charge in [-0.2, -0.15) is 4.31 Å². The second-order valence-corrected chi connectivity index (χ2v) is 6.45. The normalized spacial score (nSPS) is 18.3. The third kappa shape index (κ3) is 3.40. The number of hydrogen-bond acceptors (Lipinski definition) is 4. The summed E-state index contributed by atoms with van der Waals surface area (Å²) >= 11 is 0. The van der Waals surface area contributed by atoms with E-state index in [1.807, 2.05) is 0 Å². The predicted octanol–water partition coefficient (Wildman–Crippen LogP) is 0.582. The summed E-state index contributed by atoms with van der Waals surface area (Å²) in [5.41, 5.74) is 0. The second kappa shape index (κ2) is 6.27. The van der Waals surface area contributed by atoms with Crippen molar-refractivity contribution in [2.24, 2.45) is 0 Å². The Morgan fingerprint density at radius 2 is 1.68 bits per heavy atom. The molecule has 1 aliphatic rings. The third-order valence-corrected chi connectivity index (χ3v) is 5.19. The predicted molar refractivity (Wildman–Crippen MR) is 72.3 cm³/mol. The van der Waals surface area contributed by atoms with Crippen LogP contribution in [0, 0.1) is 0 Å². The summed E-state index contributed by atoms with van der Waals surface area (Å²) in [5.74, 6) is 0. The number of hydrogen-bond donors (Lipinski definition) is 0. The Labute approximate surface area is 113 Å². The lowest BCUT2D eigenvalue weighted by molar-refractivity contribution is -0.108. The first-order chi connectivity index (χ1) is 9.14. The van der Waals surface area contributed by atoms with E-state index >= 15 is 0 Å². The number of sulfonamides is 1. The molecule has 104 valence electrons. The van der Waals surface area contributed by atoms with Crippen molar-refractivity contribution >= 4 is 16.3 Å². The third-order valence-electron chi connectivity index (χ3n) is 3.28. The van der Waals surface area contributed by atoms with Crippen molar-refractivity contribution in [1.82, 2.24) is 9.21 Å². The molecule has 1 aromatic rings. The molecule has 6 heteroatoms. The highest BCUT2D eigenvalue weighted by Gasteiger charge is 2.27. The summed E-state index contributed by atoms with van der Waals surface area (Å²) in [7, 11) is -3.37. The molecule has 0 spiro atoms. The Morgan fingerprint density at radius 1 is 1.05 bits per heavy atom. The minimum atomic E-state index is -3.37. The van der Waals surface area contributed by atoms with E-state index in [2.05, 4.69) is 4.90 Å². The zero-order chi connectivity index (χ0) is 13.7. The Bertz CT molecular complexity index is 508. The van der Waals surface area contributed by atoms with Gasteiger partial charge in [0.25, 0.3) is 0 Å². The molecule has 0 N–H and O–H groups in total. The summed E-state index contributed by atoms with van der Waals surface area (Å²) in [6.45, 7) is 3.04. The molecule has 0 atom stereocenters. The highest BCUT2D eigenvalue weighted by atomic mass is 32.2. The van der Waals surface area contributed by atoms with Crippen LogP contribution in [0.2, 0.25) is 0 Å². The molecule has 1 aromatic carbocycles. The second-order valence-electron chi connectivity index (χ2n) is 4.51. The molecule has 0 amide bonds. The molecule has 0 aliphatic carbocycles. The van der Waals surface area contributed by atoms with Crippen molar-refractivity contribution in [2.45, 2.75) is 11.3 Å². The van der Waals surface area contributed by atoms with Gasteiger partial charge in [0, 0.05) is 39.1 Å². The van der Waals surface area contributed by atoms with E-state index in [4.69, 9.17) is 0 Å². The maximum Gasteiger partial charge on any atom is 0.243 e. The van der Waals surface area contributed by atoms with Crippen molar-refractivity contribution in [3.63, 3.8) is 0 Å². The van der Waals surface area contributed by atoms with E-state index < -0.39 is 10.0 Å². The Balaban J connectivity index is 1.99. The molecule has 19 heavy (non-hydrogen) atoms. The summed E-state index contributed by atoms with van der Waals surface area (Å²) in [4.78, 5) is 12.8. The topological polar surface area (TPSA) is 57.7 Å². The van der Waals surface area contributed by atoms with Crippen LogP contribution in [0.3, 0.4) is 0 Å². The van der Waals surface area contributed by atoms with Crippen LogP contribution in [0.25, 0.3) is 0 Å². The van der Waals surface area contributed by atoms with E-state index in [9.17, 15) is 13.2 Å². The van der Waals surface area contributed by atoms with Gasteiger partial charge in [-0.1, -0.05) is 18.2 Å². The van der Waals surface area contributed by atoms with Crippen molar-refractivity contribution in [3.05, 3.63) is 30.3 Å². The average Bonchev–Trinajstić information content (AvgIpc) is 2.46. The van der Waals surface area contributed by atoms with Crippen molar-refractivity contribution < 1.29 is 13.2 Å². The molecule has 0 radical (unpaired) electrons. The van der Waals surface area contributed by atoms with Gasteiger partial charge < -0.3 is 9.69 Å². The average molecular weight is 282 g/mol. The Hall–Kier alpha value is -1.24.